The molecule has 0 heterocycles. The van der Waals surface area contributed by atoms with E-state index in [9.17, 15) is 16.8 Å². The third kappa shape index (κ3) is 9.59. The van der Waals surface area contributed by atoms with Gasteiger partial charge in [-0.15, -0.1) is 3.63 Å². The Kier molecular flexibility index (Phi) is 6.19. The van der Waals surface area contributed by atoms with Gasteiger partial charge in [-0.25, -0.2) is 0 Å². The van der Waals surface area contributed by atoms with E-state index in [0.717, 1.165) is 0 Å². The molecule has 0 aliphatic carbocycles. The van der Waals surface area contributed by atoms with Crippen molar-refractivity contribution in [1.29, 1.82) is 0 Å². The largest absolute Gasteiger partial charge is 0.412 e. The van der Waals surface area contributed by atoms with Crippen LogP contribution in [-0.2, 0) is 24.1 Å². The lowest BCUT2D eigenvalue weighted by atomic mass is 10.4. The maximum Gasteiger partial charge on any atom is 0.412 e. The minimum absolute atomic E-state index is 0.507. The van der Waals surface area contributed by atoms with Crippen molar-refractivity contribution in [3.8, 4) is 0 Å². The Morgan fingerprint density at radius 2 is 1.25 bits per heavy atom. The standard InChI is InChI=1S/C6H6.C2H6O6S2/c1-2-4-6-5-3-1;1-2-9(3,4)8-10(5,6)7/h1-6H;2H2,1H3,(H,5,6,7). The van der Waals surface area contributed by atoms with E-state index < -0.39 is 26.3 Å². The Labute approximate surface area is 95.0 Å². The van der Waals surface area contributed by atoms with Crippen molar-refractivity contribution in [2.24, 2.45) is 0 Å². The summed E-state index contributed by atoms with van der Waals surface area (Å²) in [5.74, 6) is -0.507. The first kappa shape index (κ1) is 15.0. The van der Waals surface area contributed by atoms with Gasteiger partial charge in [0.05, 0.1) is 5.75 Å². The van der Waals surface area contributed by atoms with Crippen LogP contribution in [0.5, 0.6) is 0 Å². The van der Waals surface area contributed by atoms with Gasteiger partial charge < -0.3 is 0 Å². The first-order valence-electron chi connectivity index (χ1n) is 4.18. The maximum absolute atomic E-state index is 10.3. The highest BCUT2D eigenvalue weighted by atomic mass is 32.3. The van der Waals surface area contributed by atoms with Crippen molar-refractivity contribution in [2.45, 2.75) is 6.92 Å². The van der Waals surface area contributed by atoms with Crippen LogP contribution in [0, 0.1) is 0 Å². The van der Waals surface area contributed by atoms with Crippen molar-refractivity contribution in [1.82, 2.24) is 0 Å². The van der Waals surface area contributed by atoms with Crippen molar-refractivity contribution < 1.29 is 25.0 Å². The topological polar surface area (TPSA) is 97.7 Å². The summed E-state index contributed by atoms with van der Waals surface area (Å²) < 4.78 is 51.2. The molecule has 0 atom stereocenters. The number of benzene rings is 1. The minimum Gasteiger partial charge on any atom is -0.263 e. The molecule has 92 valence electrons. The van der Waals surface area contributed by atoms with E-state index in [2.05, 4.69) is 3.63 Å². The van der Waals surface area contributed by atoms with E-state index >= 15 is 0 Å². The average molecular weight is 268 g/mol. The van der Waals surface area contributed by atoms with Crippen LogP contribution in [-0.4, -0.2) is 27.1 Å². The Morgan fingerprint density at radius 1 is 0.938 bits per heavy atom. The Morgan fingerprint density at radius 3 is 1.38 bits per heavy atom. The summed E-state index contributed by atoms with van der Waals surface area (Å²) in [5, 5.41) is 0. The minimum atomic E-state index is -4.88. The molecule has 0 aromatic heterocycles. The number of hydrogen-bond donors (Lipinski definition) is 1. The van der Waals surface area contributed by atoms with Crippen molar-refractivity contribution >= 4 is 20.5 Å². The summed E-state index contributed by atoms with van der Waals surface area (Å²) >= 11 is 0. The summed E-state index contributed by atoms with van der Waals surface area (Å²) in [4.78, 5) is 0. The van der Waals surface area contributed by atoms with Crippen molar-refractivity contribution in [2.75, 3.05) is 5.75 Å². The van der Waals surface area contributed by atoms with E-state index in [1.807, 2.05) is 36.4 Å². The Hall–Kier alpha value is -0.960. The van der Waals surface area contributed by atoms with Crippen LogP contribution < -0.4 is 0 Å². The van der Waals surface area contributed by atoms with Crippen LogP contribution in [0.25, 0.3) is 0 Å². The van der Waals surface area contributed by atoms with Gasteiger partial charge in [0.1, 0.15) is 0 Å². The highest BCUT2D eigenvalue weighted by Gasteiger charge is 2.17. The van der Waals surface area contributed by atoms with Crippen LogP contribution in [0.2, 0.25) is 0 Å². The van der Waals surface area contributed by atoms with Gasteiger partial charge in [0.2, 0.25) is 0 Å². The van der Waals surface area contributed by atoms with Gasteiger partial charge in [-0.1, -0.05) is 36.4 Å². The van der Waals surface area contributed by atoms with Gasteiger partial charge in [0, 0.05) is 0 Å². The molecule has 0 amide bonds. The van der Waals surface area contributed by atoms with E-state index in [1.54, 1.807) is 0 Å². The van der Waals surface area contributed by atoms with Gasteiger partial charge in [0.15, 0.2) is 0 Å². The molecule has 0 aliphatic rings. The van der Waals surface area contributed by atoms with E-state index in [1.165, 1.54) is 6.92 Å². The molecule has 0 saturated carbocycles. The zero-order valence-corrected chi connectivity index (χ0v) is 10.1. The molecule has 8 heteroatoms. The summed E-state index contributed by atoms with van der Waals surface area (Å²) in [6.07, 6.45) is 0. The molecule has 1 aromatic rings. The molecule has 0 saturated heterocycles. The molecule has 1 rings (SSSR count). The van der Waals surface area contributed by atoms with Crippen molar-refractivity contribution in [3.63, 3.8) is 0 Å². The molecule has 16 heavy (non-hydrogen) atoms. The molecular weight excluding hydrogens is 256 g/mol. The number of hydrogen-bond acceptors (Lipinski definition) is 5. The molecule has 0 fully saturated rings. The van der Waals surface area contributed by atoms with E-state index in [-0.39, 0.29) is 0 Å². The fourth-order valence-electron chi connectivity index (χ4n) is 0.564. The summed E-state index contributed by atoms with van der Waals surface area (Å²) in [5.41, 5.74) is 0. The average Bonchev–Trinajstić information content (AvgIpc) is 2.18. The lowest BCUT2D eigenvalue weighted by Gasteiger charge is -1.95. The van der Waals surface area contributed by atoms with Crippen LogP contribution in [0.15, 0.2) is 36.4 Å². The van der Waals surface area contributed by atoms with Gasteiger partial charge in [-0.3, -0.25) is 4.55 Å². The first-order chi connectivity index (χ1) is 7.27. The third-order valence-electron chi connectivity index (χ3n) is 1.21. The van der Waals surface area contributed by atoms with Crippen LogP contribution >= 0.6 is 0 Å². The quantitative estimate of drug-likeness (QED) is 0.816. The normalized spacial score (nSPS) is 11.4. The predicted octanol–water partition coefficient (Wildman–Crippen LogP) is 0.842. The highest BCUT2D eigenvalue weighted by Crippen LogP contribution is 1.96. The molecule has 1 N–H and O–H groups in total. The second-order valence-corrected chi connectivity index (χ2v) is 5.59. The first-order valence-corrected chi connectivity index (χ1v) is 7.12. The zero-order chi connectivity index (χ0) is 12.7. The zero-order valence-electron chi connectivity index (χ0n) is 8.48. The SMILES string of the molecule is CCS(=O)(=O)OS(=O)(=O)O.c1ccccc1. The second-order valence-electron chi connectivity index (χ2n) is 2.50. The second kappa shape index (κ2) is 6.59. The molecule has 1 aromatic carbocycles. The molecular formula is C8H12O6S2. The lowest BCUT2D eigenvalue weighted by molar-refractivity contribution is 0.384. The smallest absolute Gasteiger partial charge is 0.263 e. The summed E-state index contributed by atoms with van der Waals surface area (Å²) in [6.45, 7) is 1.18. The third-order valence-corrected chi connectivity index (χ3v) is 3.43. The molecule has 0 unspecified atom stereocenters. The highest BCUT2D eigenvalue weighted by molar-refractivity contribution is 7.97. The molecule has 0 aliphatic heterocycles. The lowest BCUT2D eigenvalue weighted by Crippen LogP contribution is -2.13. The fourth-order valence-corrected chi connectivity index (χ4v) is 2.00. The maximum atomic E-state index is 10.3. The Balaban J connectivity index is 0.000000315. The monoisotopic (exact) mass is 268 g/mol. The molecule has 0 radical (unpaired) electrons. The molecule has 0 spiro atoms. The molecule has 0 bridgehead atoms. The summed E-state index contributed by atoms with van der Waals surface area (Å²) in [6, 6.07) is 12.0. The van der Waals surface area contributed by atoms with Gasteiger partial charge in [-0.05, 0) is 6.92 Å². The number of rotatable bonds is 3. The fraction of sp³-hybridized carbons (Fsp3) is 0.250. The Bertz CT molecular complexity index is 450. The summed E-state index contributed by atoms with van der Waals surface area (Å²) in [7, 11) is -9.00. The molecule has 6 nitrogen and oxygen atoms in total. The van der Waals surface area contributed by atoms with Crippen LogP contribution in [0.4, 0.5) is 0 Å². The van der Waals surface area contributed by atoms with Gasteiger partial charge >= 0.3 is 10.4 Å². The van der Waals surface area contributed by atoms with Gasteiger partial charge in [0.25, 0.3) is 10.1 Å². The van der Waals surface area contributed by atoms with Crippen LogP contribution in [0.3, 0.4) is 0 Å². The van der Waals surface area contributed by atoms with Crippen molar-refractivity contribution in [3.05, 3.63) is 36.4 Å². The van der Waals surface area contributed by atoms with Crippen LogP contribution in [0.1, 0.15) is 6.92 Å². The van der Waals surface area contributed by atoms with Gasteiger partial charge in [-0.2, -0.15) is 16.8 Å². The predicted molar refractivity (Wildman–Crippen MR) is 58.5 cm³/mol. The van der Waals surface area contributed by atoms with E-state index in [0.29, 0.717) is 0 Å². The van der Waals surface area contributed by atoms with E-state index in [4.69, 9.17) is 4.55 Å².